The van der Waals surface area contributed by atoms with Crippen molar-refractivity contribution in [2.75, 3.05) is 53.6 Å². The molecule has 1 fully saturated rings. The molecule has 1 aromatic carbocycles. The molecule has 1 N–H and O–H groups in total. The Bertz CT molecular complexity index is 912. The number of guanidine groups is 1. The van der Waals surface area contributed by atoms with Crippen LogP contribution in [0.2, 0.25) is 0 Å². The fourth-order valence-electron chi connectivity index (χ4n) is 3.83. The monoisotopic (exact) mass is 462 g/mol. The number of amides is 2. The van der Waals surface area contributed by atoms with E-state index in [1.165, 1.54) is 14.2 Å². The van der Waals surface area contributed by atoms with Gasteiger partial charge in [0, 0.05) is 37.8 Å². The van der Waals surface area contributed by atoms with Crippen LogP contribution in [0.3, 0.4) is 0 Å². The van der Waals surface area contributed by atoms with Crippen molar-refractivity contribution in [1.29, 1.82) is 0 Å². The van der Waals surface area contributed by atoms with Crippen molar-refractivity contribution in [3.05, 3.63) is 23.8 Å². The Morgan fingerprint density at radius 1 is 1.06 bits per heavy atom. The maximum absolute atomic E-state index is 13.1. The van der Waals surface area contributed by atoms with Gasteiger partial charge in [0.05, 0.1) is 27.4 Å². The van der Waals surface area contributed by atoms with Crippen molar-refractivity contribution in [2.45, 2.75) is 19.9 Å². The normalized spacial score (nSPS) is 20.5. The number of methoxy groups -OCH3 is 2. The molecular weight excluding hydrogens is 432 g/mol. The van der Waals surface area contributed by atoms with E-state index in [0.717, 1.165) is 0 Å². The van der Waals surface area contributed by atoms with Crippen molar-refractivity contribution in [3.63, 3.8) is 0 Å². The maximum atomic E-state index is 13.1. The molecule has 11 heteroatoms. The molecule has 2 aliphatic rings. The highest BCUT2D eigenvalue weighted by Gasteiger charge is 2.43. The first kappa shape index (κ1) is 24.1. The van der Waals surface area contributed by atoms with E-state index in [1.807, 2.05) is 4.90 Å². The quantitative estimate of drug-likeness (QED) is 0.495. The highest BCUT2D eigenvalue weighted by atomic mass is 16.6. The van der Waals surface area contributed by atoms with Gasteiger partial charge in [-0.15, -0.1) is 0 Å². The van der Waals surface area contributed by atoms with E-state index >= 15 is 0 Å². The Labute approximate surface area is 192 Å². The first-order valence-electron chi connectivity index (χ1n) is 10.9. The van der Waals surface area contributed by atoms with E-state index < -0.39 is 23.8 Å². The predicted octanol–water partition coefficient (Wildman–Crippen LogP) is 1.18. The summed E-state index contributed by atoms with van der Waals surface area (Å²) in [5.41, 5.74) is 0.564. The third-order valence-electron chi connectivity index (χ3n) is 5.50. The van der Waals surface area contributed by atoms with Gasteiger partial charge in [0.25, 0.3) is 0 Å². The maximum Gasteiger partial charge on any atom is 0.409 e. The molecule has 0 spiro atoms. The molecule has 0 aromatic heterocycles. The van der Waals surface area contributed by atoms with Crippen LogP contribution < -0.4 is 14.8 Å². The first-order valence-corrected chi connectivity index (χ1v) is 10.9. The van der Waals surface area contributed by atoms with Crippen LogP contribution in [-0.4, -0.2) is 87.3 Å². The third-order valence-corrected chi connectivity index (χ3v) is 5.50. The van der Waals surface area contributed by atoms with E-state index in [9.17, 15) is 14.4 Å². The average molecular weight is 463 g/mol. The summed E-state index contributed by atoms with van der Waals surface area (Å²) in [5.74, 6) is -0.980. The molecule has 0 radical (unpaired) electrons. The zero-order chi connectivity index (χ0) is 24.0. The largest absolute Gasteiger partial charge is 0.497 e. The van der Waals surface area contributed by atoms with Crippen LogP contribution >= 0.6 is 0 Å². The van der Waals surface area contributed by atoms with Crippen molar-refractivity contribution < 1.29 is 33.3 Å². The van der Waals surface area contributed by atoms with Crippen molar-refractivity contribution in [3.8, 4) is 11.5 Å². The zero-order valence-corrected chi connectivity index (χ0v) is 19.3. The van der Waals surface area contributed by atoms with Gasteiger partial charge in [-0.3, -0.25) is 14.9 Å². The van der Waals surface area contributed by atoms with Crippen molar-refractivity contribution in [1.82, 2.24) is 15.1 Å². The highest BCUT2D eigenvalue weighted by molar-refractivity contribution is 6.08. The van der Waals surface area contributed by atoms with Crippen molar-refractivity contribution in [2.24, 2.45) is 10.9 Å². The highest BCUT2D eigenvalue weighted by Crippen LogP contribution is 2.38. The number of piperazine rings is 1. The van der Waals surface area contributed by atoms with Crippen LogP contribution in [0.1, 0.15) is 25.5 Å². The third kappa shape index (κ3) is 5.29. The molecule has 2 amide bonds. The molecule has 1 aromatic rings. The SMILES string of the molecule is CCOC(=O)[C@@H]1C(=O)NC(N2CCN(C(=O)OCC)CC2)=N[C@H]1c1ccc(OC)cc1OC. The Morgan fingerprint density at radius 3 is 2.36 bits per heavy atom. The van der Waals surface area contributed by atoms with Gasteiger partial charge >= 0.3 is 12.1 Å². The number of hydrogen-bond acceptors (Lipinski definition) is 9. The minimum absolute atomic E-state index is 0.140. The number of hydrogen-bond donors (Lipinski definition) is 1. The molecule has 0 unspecified atom stereocenters. The molecule has 0 bridgehead atoms. The average Bonchev–Trinajstić information content (AvgIpc) is 2.83. The van der Waals surface area contributed by atoms with Gasteiger partial charge in [-0.25, -0.2) is 9.79 Å². The second-order valence-corrected chi connectivity index (χ2v) is 7.40. The number of nitrogens with zero attached hydrogens (tertiary/aromatic N) is 3. The molecule has 33 heavy (non-hydrogen) atoms. The Kier molecular flexibility index (Phi) is 7.96. The summed E-state index contributed by atoms with van der Waals surface area (Å²) in [7, 11) is 3.04. The Morgan fingerprint density at radius 2 is 1.76 bits per heavy atom. The summed E-state index contributed by atoms with van der Waals surface area (Å²) in [6.45, 7) is 5.64. The minimum Gasteiger partial charge on any atom is -0.497 e. The Balaban J connectivity index is 1.92. The lowest BCUT2D eigenvalue weighted by Gasteiger charge is -2.38. The number of carbonyl (C=O) groups is 3. The second-order valence-electron chi connectivity index (χ2n) is 7.40. The lowest BCUT2D eigenvalue weighted by molar-refractivity contribution is -0.153. The van der Waals surface area contributed by atoms with Gasteiger partial charge in [-0.1, -0.05) is 0 Å². The molecule has 0 saturated carbocycles. The summed E-state index contributed by atoms with van der Waals surface area (Å²) in [4.78, 5) is 45.9. The summed E-state index contributed by atoms with van der Waals surface area (Å²) >= 11 is 0. The lowest BCUT2D eigenvalue weighted by Crippen LogP contribution is -2.58. The number of esters is 1. The van der Waals surface area contributed by atoms with E-state index in [4.69, 9.17) is 23.9 Å². The van der Waals surface area contributed by atoms with Crippen LogP contribution in [0.25, 0.3) is 0 Å². The number of carbonyl (C=O) groups excluding carboxylic acids is 3. The van der Waals surface area contributed by atoms with E-state index in [0.29, 0.717) is 55.8 Å². The molecule has 180 valence electrons. The van der Waals surface area contributed by atoms with E-state index in [1.54, 1.807) is 36.9 Å². The molecule has 2 aliphatic heterocycles. The van der Waals surface area contributed by atoms with Gasteiger partial charge in [0.2, 0.25) is 11.9 Å². The van der Waals surface area contributed by atoms with Crippen LogP contribution in [0.5, 0.6) is 11.5 Å². The fraction of sp³-hybridized carbons (Fsp3) is 0.545. The van der Waals surface area contributed by atoms with E-state index in [-0.39, 0.29) is 12.7 Å². The van der Waals surface area contributed by atoms with Gasteiger partial charge < -0.3 is 28.7 Å². The van der Waals surface area contributed by atoms with Crippen LogP contribution in [0.15, 0.2) is 23.2 Å². The van der Waals surface area contributed by atoms with Gasteiger partial charge in [0.1, 0.15) is 17.5 Å². The van der Waals surface area contributed by atoms with Crippen LogP contribution in [0, 0.1) is 5.92 Å². The van der Waals surface area contributed by atoms with Gasteiger partial charge in [-0.2, -0.15) is 0 Å². The fourth-order valence-corrected chi connectivity index (χ4v) is 3.83. The van der Waals surface area contributed by atoms with Gasteiger partial charge in [-0.05, 0) is 26.0 Å². The number of nitrogens with one attached hydrogen (secondary N) is 1. The molecule has 0 aliphatic carbocycles. The number of ether oxygens (including phenoxy) is 4. The Hall–Kier alpha value is -3.50. The zero-order valence-electron chi connectivity index (χ0n) is 19.3. The molecule has 2 heterocycles. The summed E-state index contributed by atoms with van der Waals surface area (Å²) in [6.07, 6.45) is -0.366. The molecule has 2 atom stereocenters. The minimum atomic E-state index is -1.17. The smallest absolute Gasteiger partial charge is 0.409 e. The molecule has 1 saturated heterocycles. The van der Waals surface area contributed by atoms with Crippen LogP contribution in [-0.2, 0) is 19.1 Å². The molecule has 11 nitrogen and oxygen atoms in total. The molecular formula is C22H30N4O7. The first-order chi connectivity index (χ1) is 15.9. The number of benzene rings is 1. The van der Waals surface area contributed by atoms with Crippen molar-refractivity contribution >= 4 is 23.9 Å². The summed E-state index contributed by atoms with van der Waals surface area (Å²) < 4.78 is 21.0. The predicted molar refractivity (Wildman–Crippen MR) is 118 cm³/mol. The standard InChI is InChI=1S/C22H30N4O7/c1-5-32-20(28)17-18(15-8-7-14(30-3)13-16(15)31-4)23-21(24-19(17)27)25-9-11-26(12-10-25)22(29)33-6-2/h7-8,13,17-18H,5-6,9-12H2,1-4H3,(H,23,24,27)/t17-,18-/m0/s1. The summed E-state index contributed by atoms with van der Waals surface area (Å²) in [6, 6.07) is 4.28. The van der Waals surface area contributed by atoms with Gasteiger partial charge in [0.15, 0.2) is 5.92 Å². The second kappa shape index (κ2) is 10.9. The topological polar surface area (TPSA) is 119 Å². The molecule has 3 rings (SSSR count). The number of aliphatic imine (C=N–C) groups is 1. The van der Waals surface area contributed by atoms with Crippen LogP contribution in [0.4, 0.5) is 4.79 Å². The van der Waals surface area contributed by atoms with E-state index in [2.05, 4.69) is 5.32 Å². The number of rotatable bonds is 6. The lowest BCUT2D eigenvalue weighted by atomic mass is 9.90. The summed E-state index contributed by atoms with van der Waals surface area (Å²) in [5, 5.41) is 2.74.